The van der Waals surface area contributed by atoms with Crippen LogP contribution in [0.3, 0.4) is 0 Å². The lowest BCUT2D eigenvalue weighted by molar-refractivity contribution is -0.131. The monoisotopic (exact) mass is 639 g/mol. The van der Waals surface area contributed by atoms with Crippen LogP contribution in [0.25, 0.3) is 0 Å². The van der Waals surface area contributed by atoms with E-state index in [1.54, 1.807) is 18.2 Å². The summed E-state index contributed by atoms with van der Waals surface area (Å²) in [5.74, 6) is -0.0163. The summed E-state index contributed by atoms with van der Waals surface area (Å²) in [5, 5.41) is 4.29. The van der Waals surface area contributed by atoms with Gasteiger partial charge in [0.25, 0.3) is 5.91 Å². The van der Waals surface area contributed by atoms with Crippen LogP contribution in [0.4, 0.5) is 0 Å². The quantitative estimate of drug-likeness (QED) is 0.305. The Morgan fingerprint density at radius 1 is 0.977 bits per heavy atom. The minimum atomic E-state index is -1.14. The Bertz CT molecular complexity index is 1510. The van der Waals surface area contributed by atoms with Crippen LogP contribution in [0.15, 0.2) is 60.7 Å². The molecule has 2 amide bonds. The lowest BCUT2D eigenvalue weighted by Gasteiger charge is -2.61. The highest BCUT2D eigenvalue weighted by atomic mass is 35.5. The van der Waals surface area contributed by atoms with E-state index in [0.29, 0.717) is 58.8 Å². The van der Waals surface area contributed by atoms with Gasteiger partial charge >= 0.3 is 0 Å². The number of nitrogens with two attached hydrogens (primary N) is 1. The molecule has 10 heteroatoms. The number of nitrogens with zero attached hydrogens (tertiary/aromatic N) is 1. The third-order valence-corrected chi connectivity index (χ3v) is 10.5. The fraction of sp³-hybridized carbons (Fsp3) is 0.412. The van der Waals surface area contributed by atoms with E-state index in [0.717, 1.165) is 24.1 Å². The number of methoxy groups -OCH3 is 3. The average molecular weight is 641 g/mol. The number of benzene rings is 3. The van der Waals surface area contributed by atoms with Crippen molar-refractivity contribution >= 4 is 35.0 Å². The maximum atomic E-state index is 14.9. The topological polar surface area (TPSA) is 103 Å². The summed E-state index contributed by atoms with van der Waals surface area (Å²) in [7, 11) is 4.57. The second-order valence-electron chi connectivity index (χ2n) is 11.5. The molecule has 2 aliphatic rings. The summed E-state index contributed by atoms with van der Waals surface area (Å²) in [5.41, 5.74) is 6.51. The SMILES string of the molecule is CCC1(C2CCNC2)C(c2ccc(Cl)c(Cl)c2)C(C(N)=O)(c2ccccc2)CCN1C(=O)c1cc(OC)c(OC)c(OC)c1. The van der Waals surface area contributed by atoms with Crippen LogP contribution in [0.2, 0.25) is 10.0 Å². The maximum Gasteiger partial charge on any atom is 0.254 e. The molecule has 4 atom stereocenters. The molecule has 0 spiro atoms. The smallest absolute Gasteiger partial charge is 0.254 e. The van der Waals surface area contributed by atoms with Crippen molar-refractivity contribution in [1.82, 2.24) is 10.2 Å². The second kappa shape index (κ2) is 12.9. The molecule has 0 saturated carbocycles. The van der Waals surface area contributed by atoms with Gasteiger partial charge in [-0.3, -0.25) is 9.59 Å². The van der Waals surface area contributed by atoms with Gasteiger partial charge in [0.1, 0.15) is 0 Å². The normalized spacial score (nSPS) is 25.0. The molecule has 0 radical (unpaired) electrons. The average Bonchev–Trinajstić information content (AvgIpc) is 3.60. The predicted molar refractivity (Wildman–Crippen MR) is 172 cm³/mol. The van der Waals surface area contributed by atoms with E-state index in [2.05, 4.69) is 12.2 Å². The largest absolute Gasteiger partial charge is 0.493 e. The van der Waals surface area contributed by atoms with Gasteiger partial charge in [-0.25, -0.2) is 0 Å². The van der Waals surface area contributed by atoms with Crippen molar-refractivity contribution in [3.63, 3.8) is 0 Å². The first-order chi connectivity index (χ1) is 21.2. The van der Waals surface area contributed by atoms with Crippen LogP contribution in [-0.2, 0) is 10.2 Å². The molecule has 3 N–H and O–H groups in total. The number of halogens is 2. The molecule has 8 nitrogen and oxygen atoms in total. The number of hydrogen-bond acceptors (Lipinski definition) is 6. The molecule has 5 rings (SSSR count). The molecule has 3 aromatic rings. The Labute approximate surface area is 268 Å². The highest BCUT2D eigenvalue weighted by Crippen LogP contribution is 2.59. The lowest BCUT2D eigenvalue weighted by Crippen LogP contribution is -2.70. The summed E-state index contributed by atoms with van der Waals surface area (Å²) in [6.45, 7) is 3.85. The number of nitrogens with one attached hydrogen (secondary N) is 1. The van der Waals surface area contributed by atoms with Gasteiger partial charge in [-0.1, -0.05) is 66.5 Å². The third kappa shape index (κ3) is 5.07. The number of primary amides is 1. The van der Waals surface area contributed by atoms with Crippen molar-refractivity contribution < 1.29 is 23.8 Å². The molecule has 4 unspecified atom stereocenters. The molecule has 3 aromatic carbocycles. The van der Waals surface area contributed by atoms with E-state index in [1.165, 1.54) is 21.3 Å². The zero-order chi connectivity index (χ0) is 31.6. The molecule has 234 valence electrons. The maximum absolute atomic E-state index is 14.9. The van der Waals surface area contributed by atoms with E-state index in [-0.39, 0.29) is 11.8 Å². The van der Waals surface area contributed by atoms with E-state index >= 15 is 0 Å². The number of likely N-dealkylation sites (tertiary alicyclic amines) is 1. The minimum Gasteiger partial charge on any atom is -0.493 e. The fourth-order valence-electron chi connectivity index (χ4n) is 7.81. The van der Waals surface area contributed by atoms with Gasteiger partial charge in [0.2, 0.25) is 11.7 Å². The lowest BCUT2D eigenvalue weighted by atomic mass is 9.51. The predicted octanol–water partition coefficient (Wildman–Crippen LogP) is 5.83. The Morgan fingerprint density at radius 3 is 2.18 bits per heavy atom. The van der Waals surface area contributed by atoms with E-state index < -0.39 is 22.8 Å². The fourth-order valence-corrected chi connectivity index (χ4v) is 8.12. The summed E-state index contributed by atoms with van der Waals surface area (Å²) in [6.07, 6.45) is 1.69. The molecular weight excluding hydrogens is 601 g/mol. The van der Waals surface area contributed by atoms with Gasteiger partial charge in [-0.2, -0.15) is 0 Å². The van der Waals surface area contributed by atoms with Crippen LogP contribution in [0.1, 0.15) is 53.6 Å². The number of ether oxygens (including phenoxy) is 3. The Morgan fingerprint density at radius 2 is 1.66 bits per heavy atom. The summed E-state index contributed by atoms with van der Waals surface area (Å²) in [4.78, 5) is 30.8. The molecule has 44 heavy (non-hydrogen) atoms. The number of rotatable bonds is 9. The highest BCUT2D eigenvalue weighted by Gasteiger charge is 2.64. The zero-order valence-electron chi connectivity index (χ0n) is 25.5. The number of amides is 2. The van der Waals surface area contributed by atoms with Gasteiger partial charge < -0.3 is 30.2 Å². The molecule has 2 saturated heterocycles. The van der Waals surface area contributed by atoms with Crippen molar-refractivity contribution in [2.75, 3.05) is 41.0 Å². The molecule has 0 aliphatic carbocycles. The van der Waals surface area contributed by atoms with Crippen molar-refractivity contribution in [2.45, 2.75) is 43.1 Å². The van der Waals surface area contributed by atoms with Crippen LogP contribution in [0.5, 0.6) is 17.2 Å². The van der Waals surface area contributed by atoms with Crippen molar-refractivity contribution in [2.24, 2.45) is 11.7 Å². The van der Waals surface area contributed by atoms with Crippen molar-refractivity contribution in [3.8, 4) is 17.2 Å². The van der Waals surface area contributed by atoms with Gasteiger partial charge in [0.15, 0.2) is 11.5 Å². The summed E-state index contributed by atoms with van der Waals surface area (Å²) < 4.78 is 16.7. The molecule has 0 aromatic heterocycles. The number of carbonyl (C=O) groups is 2. The Balaban J connectivity index is 1.81. The van der Waals surface area contributed by atoms with Gasteiger partial charge in [-0.15, -0.1) is 0 Å². The molecule has 2 heterocycles. The third-order valence-electron chi connectivity index (χ3n) is 9.72. The van der Waals surface area contributed by atoms with Crippen LogP contribution >= 0.6 is 23.2 Å². The Hall–Kier alpha value is -3.46. The number of carbonyl (C=O) groups excluding carboxylic acids is 2. The highest BCUT2D eigenvalue weighted by molar-refractivity contribution is 6.42. The van der Waals surface area contributed by atoms with Crippen molar-refractivity contribution in [1.29, 1.82) is 0 Å². The van der Waals surface area contributed by atoms with E-state index in [9.17, 15) is 9.59 Å². The second-order valence-corrected chi connectivity index (χ2v) is 12.3. The molecular formula is C34H39Cl2N3O5. The van der Waals surface area contributed by atoms with Crippen molar-refractivity contribution in [3.05, 3.63) is 87.4 Å². The standard InChI is InChI=1S/C34H39Cl2N3O5/c1-5-34(24-13-15-38-20-24)30(21-11-12-25(35)26(36)17-21)33(32(37)41,23-9-7-6-8-10-23)14-16-39(34)31(40)22-18-27(42-2)29(44-4)28(19-22)43-3/h6-12,17-19,24,30,38H,5,13-16,20H2,1-4H3,(H2,37,41). The van der Waals surface area contributed by atoms with Gasteiger partial charge in [-0.05, 0) is 67.1 Å². The first-order valence-electron chi connectivity index (χ1n) is 14.8. The minimum absolute atomic E-state index is 0.000630. The van der Waals surface area contributed by atoms with Crippen LogP contribution in [-0.4, -0.2) is 63.2 Å². The molecule has 2 aliphatic heterocycles. The number of hydrogen-bond donors (Lipinski definition) is 2. The van der Waals surface area contributed by atoms with Gasteiger partial charge in [0.05, 0.1) is 42.3 Å². The summed E-state index contributed by atoms with van der Waals surface area (Å²) in [6, 6.07) is 18.5. The first-order valence-corrected chi connectivity index (χ1v) is 15.6. The van der Waals surface area contributed by atoms with Crippen LogP contribution < -0.4 is 25.3 Å². The first kappa shape index (κ1) is 31.9. The van der Waals surface area contributed by atoms with Gasteiger partial charge in [0, 0.05) is 24.6 Å². The zero-order valence-corrected chi connectivity index (χ0v) is 27.0. The molecule has 0 bridgehead atoms. The Kier molecular flexibility index (Phi) is 9.35. The summed E-state index contributed by atoms with van der Waals surface area (Å²) >= 11 is 13.1. The number of piperidine rings is 1. The van der Waals surface area contributed by atoms with E-state index in [4.69, 9.17) is 43.1 Å². The molecule has 2 fully saturated rings. The van der Waals surface area contributed by atoms with Crippen LogP contribution in [0, 0.1) is 5.92 Å². The van der Waals surface area contributed by atoms with E-state index in [1.807, 2.05) is 47.4 Å².